The number of carbonyl (C=O) groups is 2. The normalized spacial score (nSPS) is 10.1. The lowest BCUT2D eigenvalue weighted by atomic mass is 10.2. The average Bonchev–Trinajstić information content (AvgIpc) is 2.74. The van der Waals surface area contributed by atoms with E-state index < -0.39 is 6.09 Å². The van der Waals surface area contributed by atoms with Gasteiger partial charge >= 0.3 is 6.09 Å². The van der Waals surface area contributed by atoms with Crippen LogP contribution >= 0.6 is 0 Å². The molecular weight excluding hydrogens is 356 g/mol. The standard InChI is InChI=1S/C22H20N2O4/c25-21(24-28-16-18-9-5-2-6-10-18)19-11-13-20(14-12-19)23-22(26)27-15-17-7-3-1-4-8-17/h1-14H,15-16H2,(H,23,26)(H,24,25). The summed E-state index contributed by atoms with van der Waals surface area (Å²) in [6, 6.07) is 25.4. The minimum absolute atomic E-state index is 0.186. The molecule has 0 bridgehead atoms. The van der Waals surface area contributed by atoms with Crippen molar-refractivity contribution in [1.29, 1.82) is 0 Å². The highest BCUT2D eigenvalue weighted by atomic mass is 16.6. The number of nitrogens with one attached hydrogen (secondary N) is 2. The monoisotopic (exact) mass is 376 g/mol. The van der Waals surface area contributed by atoms with E-state index in [0.29, 0.717) is 11.3 Å². The zero-order chi connectivity index (χ0) is 19.6. The topological polar surface area (TPSA) is 76.7 Å². The molecule has 0 heterocycles. The van der Waals surface area contributed by atoms with Crippen LogP contribution in [0.5, 0.6) is 0 Å². The summed E-state index contributed by atoms with van der Waals surface area (Å²) < 4.78 is 5.16. The van der Waals surface area contributed by atoms with Gasteiger partial charge in [-0.25, -0.2) is 10.3 Å². The van der Waals surface area contributed by atoms with Gasteiger partial charge in [0, 0.05) is 11.3 Å². The molecule has 2 amide bonds. The van der Waals surface area contributed by atoms with Crippen LogP contribution < -0.4 is 10.8 Å². The van der Waals surface area contributed by atoms with E-state index in [0.717, 1.165) is 11.1 Å². The van der Waals surface area contributed by atoms with E-state index >= 15 is 0 Å². The minimum atomic E-state index is -0.563. The Morgan fingerprint density at radius 3 is 1.89 bits per heavy atom. The number of hydrogen-bond acceptors (Lipinski definition) is 4. The summed E-state index contributed by atoms with van der Waals surface area (Å²) >= 11 is 0. The molecular formula is C22H20N2O4. The van der Waals surface area contributed by atoms with Crippen LogP contribution in [0.3, 0.4) is 0 Å². The van der Waals surface area contributed by atoms with E-state index in [9.17, 15) is 9.59 Å². The average molecular weight is 376 g/mol. The molecule has 0 saturated carbocycles. The van der Waals surface area contributed by atoms with E-state index in [1.807, 2.05) is 60.7 Å². The second-order valence-electron chi connectivity index (χ2n) is 5.97. The molecule has 6 nitrogen and oxygen atoms in total. The molecule has 0 aromatic heterocycles. The van der Waals surface area contributed by atoms with Crippen LogP contribution in [0.2, 0.25) is 0 Å². The number of ether oxygens (including phenoxy) is 1. The van der Waals surface area contributed by atoms with Gasteiger partial charge in [0.25, 0.3) is 5.91 Å². The molecule has 6 heteroatoms. The maximum Gasteiger partial charge on any atom is 0.411 e. The molecule has 0 radical (unpaired) electrons. The largest absolute Gasteiger partial charge is 0.444 e. The van der Waals surface area contributed by atoms with E-state index in [2.05, 4.69) is 10.8 Å². The second-order valence-corrected chi connectivity index (χ2v) is 5.97. The number of anilines is 1. The molecule has 3 aromatic carbocycles. The van der Waals surface area contributed by atoms with Gasteiger partial charge in [-0.2, -0.15) is 0 Å². The Morgan fingerprint density at radius 2 is 1.29 bits per heavy atom. The molecule has 0 fully saturated rings. The molecule has 0 aliphatic rings. The zero-order valence-corrected chi connectivity index (χ0v) is 15.1. The fraction of sp³-hybridized carbons (Fsp3) is 0.0909. The van der Waals surface area contributed by atoms with Crippen LogP contribution in [0.4, 0.5) is 10.5 Å². The predicted molar refractivity (Wildman–Crippen MR) is 105 cm³/mol. The zero-order valence-electron chi connectivity index (χ0n) is 15.1. The van der Waals surface area contributed by atoms with Crippen molar-refractivity contribution in [3.63, 3.8) is 0 Å². The fourth-order valence-corrected chi connectivity index (χ4v) is 2.40. The first kappa shape index (κ1) is 19.1. The number of rotatable bonds is 7. The van der Waals surface area contributed by atoms with Crippen molar-refractivity contribution in [3.8, 4) is 0 Å². The van der Waals surface area contributed by atoms with Gasteiger partial charge in [-0.1, -0.05) is 60.7 Å². The summed E-state index contributed by atoms with van der Waals surface area (Å²) in [7, 11) is 0. The van der Waals surface area contributed by atoms with Gasteiger partial charge in [-0.15, -0.1) is 0 Å². The Hall–Kier alpha value is -3.64. The van der Waals surface area contributed by atoms with Crippen molar-refractivity contribution in [3.05, 3.63) is 102 Å². The third kappa shape index (κ3) is 5.96. The first-order valence-electron chi connectivity index (χ1n) is 8.74. The summed E-state index contributed by atoms with van der Waals surface area (Å²) in [5, 5.41) is 2.62. The third-order valence-corrected chi connectivity index (χ3v) is 3.85. The highest BCUT2D eigenvalue weighted by Gasteiger charge is 2.08. The Morgan fingerprint density at radius 1 is 0.714 bits per heavy atom. The van der Waals surface area contributed by atoms with Crippen molar-refractivity contribution in [1.82, 2.24) is 5.48 Å². The van der Waals surface area contributed by atoms with E-state index in [1.165, 1.54) is 0 Å². The summed E-state index contributed by atoms with van der Waals surface area (Å²) in [6.45, 7) is 0.464. The van der Waals surface area contributed by atoms with Gasteiger partial charge in [-0.05, 0) is 35.4 Å². The van der Waals surface area contributed by atoms with Crippen molar-refractivity contribution < 1.29 is 19.2 Å². The number of amides is 2. The smallest absolute Gasteiger partial charge is 0.411 e. The van der Waals surface area contributed by atoms with E-state index in [1.54, 1.807) is 24.3 Å². The molecule has 28 heavy (non-hydrogen) atoms. The Kier molecular flexibility index (Phi) is 6.76. The van der Waals surface area contributed by atoms with Crippen LogP contribution in [-0.4, -0.2) is 12.0 Å². The Labute approximate surface area is 163 Å². The summed E-state index contributed by atoms with van der Waals surface area (Å²) in [5.41, 5.74) is 5.19. The summed E-state index contributed by atoms with van der Waals surface area (Å²) in [4.78, 5) is 29.1. The summed E-state index contributed by atoms with van der Waals surface area (Å²) in [6.07, 6.45) is -0.563. The van der Waals surface area contributed by atoms with Gasteiger partial charge in [0.1, 0.15) is 6.61 Å². The quantitative estimate of drug-likeness (QED) is 0.603. The number of hydroxylamine groups is 1. The predicted octanol–water partition coefficient (Wildman–Crippen LogP) is 4.30. The summed E-state index contributed by atoms with van der Waals surface area (Å²) in [5.74, 6) is -0.367. The van der Waals surface area contributed by atoms with Gasteiger partial charge in [0.05, 0.1) is 6.61 Å². The van der Waals surface area contributed by atoms with Crippen molar-refractivity contribution in [2.24, 2.45) is 0 Å². The molecule has 3 rings (SSSR count). The molecule has 2 N–H and O–H groups in total. The molecule has 3 aromatic rings. The van der Waals surface area contributed by atoms with Crippen LogP contribution in [0.15, 0.2) is 84.9 Å². The van der Waals surface area contributed by atoms with Crippen LogP contribution in [0.1, 0.15) is 21.5 Å². The lowest BCUT2D eigenvalue weighted by Gasteiger charge is -2.09. The Bertz CT molecular complexity index is 897. The number of benzene rings is 3. The lowest BCUT2D eigenvalue weighted by Crippen LogP contribution is -2.23. The molecule has 0 aliphatic carbocycles. The van der Waals surface area contributed by atoms with Gasteiger partial charge in [0.15, 0.2) is 0 Å². The van der Waals surface area contributed by atoms with Crippen molar-refractivity contribution in [2.45, 2.75) is 13.2 Å². The molecule has 0 atom stereocenters. The van der Waals surface area contributed by atoms with E-state index in [-0.39, 0.29) is 19.1 Å². The van der Waals surface area contributed by atoms with E-state index in [4.69, 9.17) is 9.57 Å². The molecule has 0 saturated heterocycles. The number of carbonyl (C=O) groups excluding carboxylic acids is 2. The molecule has 0 spiro atoms. The third-order valence-electron chi connectivity index (χ3n) is 3.85. The first-order valence-corrected chi connectivity index (χ1v) is 8.74. The molecule has 0 aliphatic heterocycles. The number of hydrogen-bond donors (Lipinski definition) is 2. The van der Waals surface area contributed by atoms with Gasteiger partial charge in [-0.3, -0.25) is 14.9 Å². The van der Waals surface area contributed by atoms with Crippen molar-refractivity contribution in [2.75, 3.05) is 5.32 Å². The van der Waals surface area contributed by atoms with Crippen LogP contribution in [0.25, 0.3) is 0 Å². The maximum atomic E-state index is 12.1. The lowest BCUT2D eigenvalue weighted by molar-refractivity contribution is 0.0233. The maximum absolute atomic E-state index is 12.1. The molecule has 142 valence electrons. The van der Waals surface area contributed by atoms with Gasteiger partial charge in [0.2, 0.25) is 0 Å². The highest BCUT2D eigenvalue weighted by Crippen LogP contribution is 2.11. The Balaban J connectivity index is 1.43. The minimum Gasteiger partial charge on any atom is -0.444 e. The second kappa shape index (κ2) is 9.89. The van der Waals surface area contributed by atoms with Gasteiger partial charge < -0.3 is 4.74 Å². The van der Waals surface area contributed by atoms with Crippen LogP contribution in [-0.2, 0) is 22.8 Å². The SMILES string of the molecule is O=C(Nc1ccc(C(=O)NOCc2ccccc2)cc1)OCc1ccccc1. The molecule has 0 unspecified atom stereocenters. The van der Waals surface area contributed by atoms with Crippen LogP contribution in [0, 0.1) is 0 Å². The highest BCUT2D eigenvalue weighted by molar-refractivity contribution is 5.94. The fourth-order valence-electron chi connectivity index (χ4n) is 2.40. The van der Waals surface area contributed by atoms with Crippen molar-refractivity contribution >= 4 is 17.7 Å². The first-order chi connectivity index (χ1) is 13.7.